The first-order valence-electron chi connectivity index (χ1n) is 14.0. The fourth-order valence-electron chi connectivity index (χ4n) is 8.04. The van der Waals surface area contributed by atoms with Gasteiger partial charge in [-0.1, -0.05) is 72.8 Å². The minimum Gasteiger partial charge on any atom is -0.454 e. The van der Waals surface area contributed by atoms with Gasteiger partial charge in [0.2, 0.25) is 13.6 Å². The molecule has 1 saturated carbocycles. The first kappa shape index (κ1) is 24.2. The molecule has 2 aliphatic carbocycles. The number of carbonyl (C=O) groups excluding carboxylic acids is 3. The maximum Gasteiger partial charge on any atom is 0.319 e. The van der Waals surface area contributed by atoms with Gasteiger partial charge < -0.3 is 23.7 Å². The molecule has 8 heteroatoms. The van der Waals surface area contributed by atoms with Gasteiger partial charge in [-0.15, -0.1) is 0 Å². The van der Waals surface area contributed by atoms with Crippen LogP contribution in [0.5, 0.6) is 23.0 Å². The largest absolute Gasteiger partial charge is 0.454 e. The summed E-state index contributed by atoms with van der Waals surface area (Å²) >= 11 is 0. The van der Waals surface area contributed by atoms with Crippen molar-refractivity contribution < 1.29 is 38.1 Å². The molecule has 0 spiro atoms. The van der Waals surface area contributed by atoms with Gasteiger partial charge in [-0.2, -0.15) is 0 Å². The Balaban J connectivity index is 1.49. The summed E-state index contributed by atoms with van der Waals surface area (Å²) in [6.07, 6.45) is 0. The molecule has 0 amide bonds. The van der Waals surface area contributed by atoms with Crippen molar-refractivity contribution in [2.45, 2.75) is 10.8 Å². The highest BCUT2D eigenvalue weighted by molar-refractivity contribution is 6.34. The molecular formula is C35H22O8. The minimum absolute atomic E-state index is 0.0785. The van der Waals surface area contributed by atoms with E-state index in [2.05, 4.69) is 0 Å². The lowest BCUT2D eigenvalue weighted by Crippen LogP contribution is -2.41. The Morgan fingerprint density at radius 1 is 0.512 bits per heavy atom. The number of fused-ring (bicyclic) bond motifs is 7. The van der Waals surface area contributed by atoms with E-state index in [-0.39, 0.29) is 19.4 Å². The monoisotopic (exact) mass is 570 g/mol. The van der Waals surface area contributed by atoms with Crippen molar-refractivity contribution in [3.05, 3.63) is 119 Å². The number of esters is 2. The van der Waals surface area contributed by atoms with Crippen LogP contribution in [0.4, 0.5) is 0 Å². The first-order chi connectivity index (χ1) is 21.1. The van der Waals surface area contributed by atoms with Gasteiger partial charge in [-0.25, -0.2) is 0 Å². The Kier molecular flexibility index (Phi) is 4.71. The molecule has 0 aromatic heterocycles. The molecule has 5 aliphatic rings. The molecule has 2 fully saturated rings. The second-order valence-electron chi connectivity index (χ2n) is 11.3. The van der Waals surface area contributed by atoms with Crippen LogP contribution in [0.2, 0.25) is 0 Å². The van der Waals surface area contributed by atoms with Crippen LogP contribution in [-0.4, -0.2) is 31.3 Å². The van der Waals surface area contributed by atoms with Gasteiger partial charge in [-0.05, 0) is 57.7 Å². The molecule has 3 aliphatic heterocycles. The number of hydrogen-bond donors (Lipinski definition) is 0. The van der Waals surface area contributed by atoms with Gasteiger partial charge in [-0.3, -0.25) is 14.4 Å². The number of carbonyl (C=O) groups is 3. The molecule has 43 heavy (non-hydrogen) atoms. The van der Waals surface area contributed by atoms with Crippen molar-refractivity contribution in [1.29, 1.82) is 0 Å². The second kappa shape index (κ2) is 8.35. The average molecular weight is 571 g/mol. The number of ether oxygens (including phenoxy) is 5. The maximum absolute atomic E-state index is 15.6. The minimum atomic E-state index is -1.54. The van der Waals surface area contributed by atoms with E-state index in [4.69, 9.17) is 23.7 Å². The van der Waals surface area contributed by atoms with Crippen LogP contribution in [0.15, 0.2) is 97.1 Å². The van der Waals surface area contributed by atoms with Gasteiger partial charge in [0.25, 0.3) is 0 Å². The Morgan fingerprint density at radius 3 is 1.37 bits per heavy atom. The quantitative estimate of drug-likeness (QED) is 0.254. The molecule has 1 saturated heterocycles. The number of hydrogen-bond acceptors (Lipinski definition) is 8. The molecule has 210 valence electrons. The van der Waals surface area contributed by atoms with Crippen molar-refractivity contribution >= 4 is 28.9 Å². The second-order valence-corrected chi connectivity index (χ2v) is 11.3. The molecule has 4 aromatic carbocycles. The van der Waals surface area contributed by atoms with Crippen LogP contribution in [0.25, 0.3) is 11.1 Å². The number of ketones is 1. The van der Waals surface area contributed by atoms with E-state index in [1.165, 1.54) is 0 Å². The molecule has 3 heterocycles. The topological polar surface area (TPSA) is 97.4 Å². The summed E-state index contributed by atoms with van der Waals surface area (Å²) in [5, 5.41) is 0. The third-order valence-electron chi connectivity index (χ3n) is 9.51. The van der Waals surface area contributed by atoms with Gasteiger partial charge in [0, 0.05) is 0 Å². The zero-order valence-corrected chi connectivity index (χ0v) is 22.6. The fraction of sp³-hybridized carbons (Fsp3) is 0.171. The predicted octanol–water partition coefficient (Wildman–Crippen LogP) is 4.84. The molecule has 4 atom stereocenters. The third kappa shape index (κ3) is 2.83. The summed E-state index contributed by atoms with van der Waals surface area (Å²) in [6.45, 7) is 0.157. The van der Waals surface area contributed by atoms with Gasteiger partial charge in [0.05, 0.1) is 22.7 Å². The van der Waals surface area contributed by atoms with E-state index in [1.54, 1.807) is 0 Å². The molecule has 0 radical (unpaired) electrons. The van der Waals surface area contributed by atoms with E-state index >= 15 is 4.79 Å². The highest BCUT2D eigenvalue weighted by Crippen LogP contribution is 2.74. The van der Waals surface area contributed by atoms with E-state index in [0.717, 1.165) is 0 Å². The van der Waals surface area contributed by atoms with Crippen LogP contribution in [-0.2, 0) is 30.0 Å². The molecule has 0 unspecified atom stereocenters. The number of allylic oxidation sites excluding steroid dienone is 2. The summed E-state index contributed by atoms with van der Waals surface area (Å²) in [7, 11) is 0. The lowest BCUT2D eigenvalue weighted by Gasteiger charge is -2.38. The Hall–Kier alpha value is -5.37. The molecule has 9 rings (SSSR count). The first-order valence-corrected chi connectivity index (χ1v) is 14.0. The van der Waals surface area contributed by atoms with Crippen LogP contribution < -0.4 is 18.9 Å². The summed E-state index contributed by atoms with van der Waals surface area (Å²) in [5.74, 6) is -1.56. The maximum atomic E-state index is 15.6. The Bertz CT molecular complexity index is 1790. The smallest absolute Gasteiger partial charge is 0.319 e. The summed E-state index contributed by atoms with van der Waals surface area (Å²) in [6, 6.07) is 29.5. The highest BCUT2D eigenvalue weighted by atomic mass is 16.7. The highest BCUT2D eigenvalue weighted by Gasteiger charge is 2.82. The van der Waals surface area contributed by atoms with Gasteiger partial charge >= 0.3 is 11.9 Å². The normalized spacial score (nSPS) is 27.6. The lowest BCUT2D eigenvalue weighted by atomic mass is 9.59. The standard InChI is InChI=1S/C35H22O8/c36-31-29-30(32(37)43-31)35(22-9-5-2-6-10-22)28(20-12-14-24-26(16-20)42-18-40-24)27(19-11-13-23-25(15-19)41-17-39-23)34(29,33(35)38)21-7-3-1-4-8-21/h1-16,29-30H,17-18H2/t29-,30-,34+,35+/m1/s1. The zero-order valence-electron chi connectivity index (χ0n) is 22.6. The van der Waals surface area contributed by atoms with Crippen molar-refractivity contribution in [3.63, 3.8) is 0 Å². The van der Waals surface area contributed by atoms with Crippen molar-refractivity contribution in [2.75, 3.05) is 13.6 Å². The summed E-state index contributed by atoms with van der Waals surface area (Å²) < 4.78 is 28.2. The van der Waals surface area contributed by atoms with Crippen molar-refractivity contribution in [3.8, 4) is 23.0 Å². The zero-order chi connectivity index (χ0) is 28.9. The average Bonchev–Trinajstić information content (AvgIpc) is 3.85. The van der Waals surface area contributed by atoms with Crippen LogP contribution in [0.1, 0.15) is 22.3 Å². The predicted molar refractivity (Wildman–Crippen MR) is 151 cm³/mol. The van der Waals surface area contributed by atoms with Crippen molar-refractivity contribution in [2.24, 2.45) is 11.8 Å². The SMILES string of the molecule is O=C1OC(=O)[C@H]2[C@H]1[C@@]1(c3ccccc3)C(=O)[C@@]2(c2ccccc2)C(c2ccc3c(c2)OCO3)=C1c1ccc2c(c1)OCO2. The molecule has 4 aromatic rings. The molecule has 0 N–H and O–H groups in total. The number of cyclic esters (lactones) is 2. The number of rotatable bonds is 4. The summed E-state index contributed by atoms with van der Waals surface area (Å²) in [4.78, 5) is 43.3. The molecular weight excluding hydrogens is 548 g/mol. The fourth-order valence-corrected chi connectivity index (χ4v) is 8.04. The van der Waals surface area contributed by atoms with Gasteiger partial charge in [0.1, 0.15) is 0 Å². The lowest BCUT2D eigenvalue weighted by molar-refractivity contribution is -0.156. The van der Waals surface area contributed by atoms with E-state index in [1.807, 2.05) is 97.1 Å². The van der Waals surface area contributed by atoms with Gasteiger partial charge in [0.15, 0.2) is 28.8 Å². The van der Waals surface area contributed by atoms with Crippen LogP contribution in [0, 0.1) is 11.8 Å². The Labute approximate surface area is 245 Å². The van der Waals surface area contributed by atoms with Crippen molar-refractivity contribution in [1.82, 2.24) is 0 Å². The van der Waals surface area contributed by atoms with Crippen LogP contribution in [0.3, 0.4) is 0 Å². The van der Waals surface area contributed by atoms with E-state index < -0.39 is 34.6 Å². The number of benzene rings is 4. The van der Waals surface area contributed by atoms with E-state index in [9.17, 15) is 9.59 Å². The van der Waals surface area contributed by atoms with Crippen LogP contribution >= 0.6 is 0 Å². The molecule has 8 nitrogen and oxygen atoms in total. The molecule has 2 bridgehead atoms. The third-order valence-corrected chi connectivity index (χ3v) is 9.51. The summed E-state index contributed by atoms with van der Waals surface area (Å²) in [5.41, 5.74) is 0.755. The van der Waals surface area contributed by atoms with E-state index in [0.29, 0.717) is 56.4 Å². The Morgan fingerprint density at radius 2 is 0.930 bits per heavy atom. The number of Topliss-reactive ketones (excluding diaryl/α,β-unsaturated/α-hetero) is 1.